The van der Waals surface area contributed by atoms with Crippen molar-refractivity contribution in [3.63, 3.8) is 0 Å². The molecule has 0 aliphatic carbocycles. The summed E-state index contributed by atoms with van der Waals surface area (Å²) in [5.74, 6) is -0.493. The van der Waals surface area contributed by atoms with Gasteiger partial charge in [-0.15, -0.1) is 0 Å². The normalized spacial score (nSPS) is 16.2. The fourth-order valence-electron chi connectivity index (χ4n) is 4.18. The second-order valence-electron chi connectivity index (χ2n) is 7.75. The quantitative estimate of drug-likeness (QED) is 0.682. The van der Waals surface area contributed by atoms with Crippen LogP contribution in [0.3, 0.4) is 0 Å². The van der Waals surface area contributed by atoms with E-state index in [9.17, 15) is 18.0 Å². The number of nitrogens with zero attached hydrogens (tertiary/aromatic N) is 3. The number of rotatable bonds is 4. The maximum atomic E-state index is 13.0. The average molecular weight is 429 g/mol. The van der Waals surface area contributed by atoms with E-state index in [0.717, 1.165) is 22.2 Å². The molecule has 1 aromatic heterocycles. The SMILES string of the molecule is Cn1c(=O)n(C2CCN(S(C)(=O)=O)CC2)c2cc(-c3cccc(C(N)=O)c3)ccc21. The third-order valence-electron chi connectivity index (χ3n) is 5.83. The molecule has 0 saturated carbocycles. The van der Waals surface area contributed by atoms with E-state index in [1.807, 2.05) is 24.3 Å². The van der Waals surface area contributed by atoms with E-state index < -0.39 is 15.9 Å². The van der Waals surface area contributed by atoms with E-state index in [4.69, 9.17) is 5.73 Å². The summed E-state index contributed by atoms with van der Waals surface area (Å²) in [5, 5.41) is 0. The maximum Gasteiger partial charge on any atom is 0.329 e. The molecule has 1 amide bonds. The van der Waals surface area contributed by atoms with Crippen LogP contribution in [0.15, 0.2) is 47.3 Å². The van der Waals surface area contributed by atoms with E-state index in [1.165, 1.54) is 10.6 Å². The molecule has 0 spiro atoms. The van der Waals surface area contributed by atoms with Gasteiger partial charge >= 0.3 is 5.69 Å². The highest BCUT2D eigenvalue weighted by Crippen LogP contribution is 2.29. The number of sulfonamides is 1. The van der Waals surface area contributed by atoms with Gasteiger partial charge in [-0.25, -0.2) is 17.5 Å². The number of piperidine rings is 1. The first kappa shape index (κ1) is 20.4. The molecule has 0 radical (unpaired) electrons. The molecule has 2 heterocycles. The molecule has 4 rings (SSSR count). The first-order chi connectivity index (χ1) is 14.2. The lowest BCUT2D eigenvalue weighted by atomic mass is 10.0. The first-order valence-electron chi connectivity index (χ1n) is 9.73. The van der Waals surface area contributed by atoms with Crippen molar-refractivity contribution in [2.45, 2.75) is 18.9 Å². The number of carbonyl (C=O) groups is 1. The zero-order chi connectivity index (χ0) is 21.6. The highest BCUT2D eigenvalue weighted by molar-refractivity contribution is 7.88. The standard InChI is InChI=1S/C21H24N4O4S/c1-23-18-7-6-15(14-4-3-5-16(12-14)20(22)26)13-19(18)25(21(23)27)17-8-10-24(11-9-17)30(2,28)29/h3-7,12-13,17H,8-11H2,1-2H3,(H2,22,26). The second kappa shape index (κ2) is 7.41. The maximum absolute atomic E-state index is 13.0. The molecule has 0 atom stereocenters. The smallest absolute Gasteiger partial charge is 0.329 e. The van der Waals surface area contributed by atoms with Gasteiger partial charge in [-0.2, -0.15) is 0 Å². The molecule has 2 N–H and O–H groups in total. The number of nitrogens with two attached hydrogens (primary N) is 1. The van der Waals surface area contributed by atoms with Gasteiger partial charge in [0, 0.05) is 31.7 Å². The lowest BCUT2D eigenvalue weighted by molar-refractivity contribution is 0.100. The van der Waals surface area contributed by atoms with Crippen LogP contribution in [-0.4, -0.2) is 47.1 Å². The minimum atomic E-state index is -3.23. The van der Waals surface area contributed by atoms with Crippen molar-refractivity contribution in [1.29, 1.82) is 0 Å². The fraction of sp³-hybridized carbons (Fsp3) is 0.333. The number of carbonyl (C=O) groups excluding carboxylic acids is 1. The summed E-state index contributed by atoms with van der Waals surface area (Å²) in [6, 6.07) is 12.7. The van der Waals surface area contributed by atoms with E-state index >= 15 is 0 Å². The van der Waals surface area contributed by atoms with Crippen LogP contribution >= 0.6 is 0 Å². The number of benzene rings is 2. The molecule has 1 aliphatic heterocycles. The van der Waals surface area contributed by atoms with Crippen molar-refractivity contribution in [3.05, 3.63) is 58.5 Å². The Kier molecular flexibility index (Phi) is 5.03. The summed E-state index contributed by atoms with van der Waals surface area (Å²) in [6.07, 6.45) is 2.37. The van der Waals surface area contributed by atoms with Gasteiger partial charge in [0.05, 0.1) is 17.3 Å². The number of primary amides is 1. The number of aromatic nitrogens is 2. The average Bonchev–Trinajstić information content (AvgIpc) is 2.97. The predicted octanol–water partition coefficient (Wildman–Crippen LogP) is 1.70. The Labute approximate surface area is 174 Å². The van der Waals surface area contributed by atoms with Crippen LogP contribution in [0.1, 0.15) is 29.2 Å². The Hall–Kier alpha value is -2.91. The summed E-state index contributed by atoms with van der Waals surface area (Å²) in [4.78, 5) is 24.5. The Morgan fingerprint density at radius 3 is 2.33 bits per heavy atom. The van der Waals surface area contributed by atoms with Crippen LogP contribution in [0.2, 0.25) is 0 Å². The van der Waals surface area contributed by atoms with Gasteiger partial charge in [-0.05, 0) is 48.2 Å². The van der Waals surface area contributed by atoms with E-state index in [1.54, 1.807) is 34.4 Å². The number of amides is 1. The molecule has 8 nitrogen and oxygen atoms in total. The zero-order valence-corrected chi connectivity index (χ0v) is 17.7. The third kappa shape index (κ3) is 3.54. The molecule has 1 aliphatic rings. The lowest BCUT2D eigenvalue weighted by Gasteiger charge is -2.30. The predicted molar refractivity (Wildman–Crippen MR) is 116 cm³/mol. The Balaban J connectivity index is 1.77. The number of imidazole rings is 1. The van der Waals surface area contributed by atoms with Crippen LogP contribution in [0.25, 0.3) is 22.2 Å². The highest BCUT2D eigenvalue weighted by atomic mass is 32.2. The van der Waals surface area contributed by atoms with Gasteiger partial charge in [-0.3, -0.25) is 13.9 Å². The molecule has 9 heteroatoms. The topological polar surface area (TPSA) is 107 Å². The first-order valence-corrected chi connectivity index (χ1v) is 11.6. The van der Waals surface area contributed by atoms with Crippen LogP contribution in [0.4, 0.5) is 0 Å². The van der Waals surface area contributed by atoms with Crippen LogP contribution in [0.5, 0.6) is 0 Å². The van der Waals surface area contributed by atoms with Crippen LogP contribution in [0, 0.1) is 0 Å². The summed E-state index contributed by atoms with van der Waals surface area (Å²) in [7, 11) is -1.49. The molecule has 2 aromatic carbocycles. The summed E-state index contributed by atoms with van der Waals surface area (Å²) < 4.78 is 28.5. The van der Waals surface area contributed by atoms with E-state index in [2.05, 4.69) is 0 Å². The van der Waals surface area contributed by atoms with Gasteiger partial charge in [-0.1, -0.05) is 18.2 Å². The van der Waals surface area contributed by atoms with Crippen molar-refractivity contribution in [2.24, 2.45) is 12.8 Å². The van der Waals surface area contributed by atoms with Gasteiger partial charge < -0.3 is 5.73 Å². The van der Waals surface area contributed by atoms with Crippen molar-refractivity contribution >= 4 is 27.0 Å². The van der Waals surface area contributed by atoms with Crippen LogP contribution < -0.4 is 11.4 Å². The largest absolute Gasteiger partial charge is 0.366 e. The van der Waals surface area contributed by atoms with Crippen molar-refractivity contribution in [3.8, 4) is 11.1 Å². The van der Waals surface area contributed by atoms with E-state index in [0.29, 0.717) is 31.5 Å². The number of hydrogen-bond acceptors (Lipinski definition) is 4. The minimum Gasteiger partial charge on any atom is -0.366 e. The van der Waals surface area contributed by atoms with Gasteiger partial charge in [0.2, 0.25) is 15.9 Å². The molecule has 0 unspecified atom stereocenters. The zero-order valence-electron chi connectivity index (χ0n) is 16.9. The van der Waals surface area contributed by atoms with Crippen LogP contribution in [-0.2, 0) is 17.1 Å². The van der Waals surface area contributed by atoms with Gasteiger partial charge in [0.1, 0.15) is 0 Å². The molecular weight excluding hydrogens is 404 g/mol. The van der Waals surface area contributed by atoms with Crippen molar-refractivity contribution < 1.29 is 13.2 Å². The Morgan fingerprint density at radius 2 is 1.70 bits per heavy atom. The Bertz CT molecular complexity index is 1300. The fourth-order valence-corrected chi connectivity index (χ4v) is 5.06. The molecule has 3 aromatic rings. The van der Waals surface area contributed by atoms with Crippen molar-refractivity contribution in [2.75, 3.05) is 19.3 Å². The van der Waals surface area contributed by atoms with Crippen molar-refractivity contribution in [1.82, 2.24) is 13.4 Å². The Morgan fingerprint density at radius 1 is 1.03 bits per heavy atom. The number of hydrogen-bond donors (Lipinski definition) is 1. The van der Waals surface area contributed by atoms with E-state index in [-0.39, 0.29) is 11.7 Å². The molecule has 1 fully saturated rings. The second-order valence-corrected chi connectivity index (χ2v) is 9.74. The molecule has 30 heavy (non-hydrogen) atoms. The van der Waals surface area contributed by atoms with Gasteiger partial charge in [0.25, 0.3) is 0 Å². The molecule has 0 bridgehead atoms. The highest BCUT2D eigenvalue weighted by Gasteiger charge is 2.28. The molecular formula is C21H24N4O4S. The third-order valence-corrected chi connectivity index (χ3v) is 7.13. The number of aryl methyl sites for hydroxylation is 1. The summed E-state index contributed by atoms with van der Waals surface area (Å²) >= 11 is 0. The minimum absolute atomic E-state index is 0.0774. The number of fused-ring (bicyclic) bond motifs is 1. The molecule has 158 valence electrons. The molecule has 1 saturated heterocycles. The van der Waals surface area contributed by atoms with Gasteiger partial charge in [0.15, 0.2) is 0 Å². The monoisotopic (exact) mass is 428 g/mol. The summed E-state index contributed by atoms with van der Waals surface area (Å²) in [6.45, 7) is 0.791. The summed E-state index contributed by atoms with van der Waals surface area (Å²) in [5.41, 5.74) is 9.02. The lowest BCUT2D eigenvalue weighted by Crippen LogP contribution is -2.40.